The van der Waals surface area contributed by atoms with Crippen LogP contribution in [0.5, 0.6) is 0 Å². The summed E-state index contributed by atoms with van der Waals surface area (Å²) >= 11 is 12.1. The Hall–Kier alpha value is -0.330. The van der Waals surface area contributed by atoms with Gasteiger partial charge in [0, 0.05) is 31.2 Å². The van der Waals surface area contributed by atoms with Gasteiger partial charge in [0.2, 0.25) is 10.0 Å². The minimum atomic E-state index is -3.55. The highest BCUT2D eigenvalue weighted by Gasteiger charge is 2.30. The standard InChI is InChI=1S/C13H18Cl2N2O2S/c1-3-16-6-8-17(9-7-16)20(18,19)12-5-4-11(14)10(2)13(12)15/h4-5H,3,6-9H2,1-2H3. The van der Waals surface area contributed by atoms with Crippen LogP contribution in [0.4, 0.5) is 0 Å². The molecule has 0 N–H and O–H groups in total. The monoisotopic (exact) mass is 336 g/mol. The number of hydrogen-bond donors (Lipinski definition) is 0. The zero-order valence-electron chi connectivity index (χ0n) is 11.6. The molecule has 0 aromatic heterocycles. The summed E-state index contributed by atoms with van der Waals surface area (Å²) in [6.45, 7) is 7.22. The first kappa shape index (κ1) is 16.0. The van der Waals surface area contributed by atoms with Crippen molar-refractivity contribution in [2.75, 3.05) is 32.7 Å². The third-order valence-corrected chi connectivity index (χ3v) is 6.63. The van der Waals surface area contributed by atoms with E-state index in [2.05, 4.69) is 11.8 Å². The molecule has 2 rings (SSSR count). The fourth-order valence-electron chi connectivity index (χ4n) is 2.26. The molecule has 4 nitrogen and oxygen atoms in total. The molecule has 1 aliphatic heterocycles. The van der Waals surface area contributed by atoms with Gasteiger partial charge in [0.25, 0.3) is 0 Å². The maximum Gasteiger partial charge on any atom is 0.244 e. The second-order valence-corrected chi connectivity index (χ2v) is 7.51. The molecule has 0 aliphatic carbocycles. The maximum atomic E-state index is 12.6. The normalized spacial score (nSPS) is 18.4. The van der Waals surface area contributed by atoms with Gasteiger partial charge in [-0.05, 0) is 31.2 Å². The van der Waals surface area contributed by atoms with E-state index in [4.69, 9.17) is 23.2 Å². The summed E-state index contributed by atoms with van der Waals surface area (Å²) in [6, 6.07) is 3.07. The molecule has 1 aromatic rings. The van der Waals surface area contributed by atoms with Gasteiger partial charge in [0.1, 0.15) is 4.90 Å². The highest BCUT2D eigenvalue weighted by molar-refractivity contribution is 7.89. The lowest BCUT2D eigenvalue weighted by atomic mass is 10.2. The van der Waals surface area contributed by atoms with Crippen molar-refractivity contribution in [3.63, 3.8) is 0 Å². The number of halogens is 2. The van der Waals surface area contributed by atoms with E-state index in [1.807, 2.05) is 0 Å². The molecule has 0 amide bonds. The number of benzene rings is 1. The molecule has 0 spiro atoms. The summed E-state index contributed by atoms with van der Waals surface area (Å²) in [4.78, 5) is 2.37. The lowest BCUT2D eigenvalue weighted by molar-refractivity contribution is 0.196. The summed E-state index contributed by atoms with van der Waals surface area (Å²) in [6.07, 6.45) is 0. The van der Waals surface area contributed by atoms with E-state index in [-0.39, 0.29) is 9.92 Å². The zero-order valence-corrected chi connectivity index (χ0v) is 13.9. The first-order valence-corrected chi connectivity index (χ1v) is 8.74. The van der Waals surface area contributed by atoms with Crippen LogP contribution >= 0.6 is 23.2 Å². The minimum Gasteiger partial charge on any atom is -0.301 e. The molecule has 1 heterocycles. The van der Waals surface area contributed by atoms with Gasteiger partial charge < -0.3 is 4.90 Å². The number of nitrogens with zero attached hydrogens (tertiary/aromatic N) is 2. The van der Waals surface area contributed by atoms with Crippen molar-refractivity contribution in [1.29, 1.82) is 0 Å². The molecule has 1 fully saturated rings. The summed E-state index contributed by atoms with van der Waals surface area (Å²) in [7, 11) is -3.55. The molecular formula is C13H18Cl2N2O2S. The van der Waals surface area contributed by atoms with Crippen LogP contribution in [0.3, 0.4) is 0 Å². The van der Waals surface area contributed by atoms with E-state index >= 15 is 0 Å². The van der Waals surface area contributed by atoms with E-state index in [1.54, 1.807) is 13.0 Å². The van der Waals surface area contributed by atoms with E-state index in [0.717, 1.165) is 19.6 Å². The first-order chi connectivity index (χ1) is 9.37. The molecule has 1 saturated heterocycles. The van der Waals surface area contributed by atoms with E-state index < -0.39 is 10.0 Å². The molecular weight excluding hydrogens is 319 g/mol. The van der Waals surface area contributed by atoms with Crippen molar-refractivity contribution in [2.45, 2.75) is 18.7 Å². The van der Waals surface area contributed by atoms with Gasteiger partial charge in [-0.15, -0.1) is 0 Å². The quantitative estimate of drug-likeness (QED) is 0.851. The summed E-state index contributed by atoms with van der Waals surface area (Å²) in [5, 5.41) is 0.695. The Bertz CT molecular complexity index is 597. The Labute approximate surface area is 130 Å². The van der Waals surface area contributed by atoms with Crippen molar-refractivity contribution < 1.29 is 8.42 Å². The predicted octanol–water partition coefficient (Wildman–Crippen LogP) is 2.63. The average Bonchev–Trinajstić information content (AvgIpc) is 2.44. The van der Waals surface area contributed by atoms with Crippen LogP contribution in [-0.2, 0) is 10.0 Å². The van der Waals surface area contributed by atoms with Gasteiger partial charge in [-0.3, -0.25) is 0 Å². The lowest BCUT2D eigenvalue weighted by Gasteiger charge is -2.33. The van der Waals surface area contributed by atoms with Crippen molar-refractivity contribution in [3.05, 3.63) is 27.7 Å². The van der Waals surface area contributed by atoms with E-state index in [1.165, 1.54) is 10.4 Å². The number of piperazine rings is 1. The fraction of sp³-hybridized carbons (Fsp3) is 0.538. The number of hydrogen-bond acceptors (Lipinski definition) is 3. The highest BCUT2D eigenvalue weighted by Crippen LogP contribution is 2.32. The Morgan fingerprint density at radius 2 is 1.75 bits per heavy atom. The second-order valence-electron chi connectivity index (χ2n) is 4.82. The molecule has 112 valence electrons. The second kappa shape index (κ2) is 6.20. The van der Waals surface area contributed by atoms with Gasteiger partial charge in [-0.2, -0.15) is 4.31 Å². The molecule has 7 heteroatoms. The molecule has 0 saturated carbocycles. The Morgan fingerprint density at radius 3 is 2.30 bits per heavy atom. The number of rotatable bonds is 3. The van der Waals surface area contributed by atoms with Gasteiger partial charge in [-0.25, -0.2) is 8.42 Å². The Morgan fingerprint density at radius 1 is 1.15 bits per heavy atom. The Balaban J connectivity index is 2.30. The maximum absolute atomic E-state index is 12.6. The minimum absolute atomic E-state index is 0.144. The van der Waals surface area contributed by atoms with Crippen LogP contribution in [-0.4, -0.2) is 50.3 Å². The molecule has 1 aliphatic rings. The molecule has 0 unspecified atom stereocenters. The molecule has 20 heavy (non-hydrogen) atoms. The summed E-state index contributed by atoms with van der Waals surface area (Å²) in [5.41, 5.74) is 0.599. The topological polar surface area (TPSA) is 40.6 Å². The number of sulfonamides is 1. The predicted molar refractivity (Wildman–Crippen MR) is 82.1 cm³/mol. The highest BCUT2D eigenvalue weighted by atomic mass is 35.5. The smallest absolute Gasteiger partial charge is 0.244 e. The molecule has 0 bridgehead atoms. The zero-order chi connectivity index (χ0) is 14.9. The summed E-state index contributed by atoms with van der Waals surface area (Å²) < 4.78 is 26.8. The van der Waals surface area contributed by atoms with Crippen molar-refractivity contribution in [3.8, 4) is 0 Å². The van der Waals surface area contributed by atoms with Crippen LogP contribution in [0, 0.1) is 6.92 Å². The average molecular weight is 337 g/mol. The lowest BCUT2D eigenvalue weighted by Crippen LogP contribution is -2.48. The molecule has 1 aromatic carbocycles. The van der Waals surface area contributed by atoms with Crippen LogP contribution < -0.4 is 0 Å². The first-order valence-electron chi connectivity index (χ1n) is 6.55. The van der Waals surface area contributed by atoms with Crippen molar-refractivity contribution >= 4 is 33.2 Å². The fourth-order valence-corrected chi connectivity index (χ4v) is 4.47. The number of likely N-dealkylation sites (N-methyl/N-ethyl adjacent to an activating group) is 1. The molecule has 0 radical (unpaired) electrons. The third-order valence-electron chi connectivity index (χ3n) is 3.68. The largest absolute Gasteiger partial charge is 0.301 e. The van der Waals surface area contributed by atoms with Gasteiger partial charge in [0.15, 0.2) is 0 Å². The van der Waals surface area contributed by atoms with Gasteiger partial charge in [-0.1, -0.05) is 30.1 Å². The third kappa shape index (κ3) is 2.97. The van der Waals surface area contributed by atoms with Crippen LogP contribution in [0.15, 0.2) is 17.0 Å². The Kier molecular flexibility index (Phi) is 4.97. The van der Waals surface area contributed by atoms with E-state index in [9.17, 15) is 8.42 Å². The van der Waals surface area contributed by atoms with Gasteiger partial charge >= 0.3 is 0 Å². The SMILES string of the molecule is CCN1CCN(S(=O)(=O)c2ccc(Cl)c(C)c2Cl)CC1. The summed E-state index contributed by atoms with van der Waals surface area (Å²) in [5.74, 6) is 0. The molecule has 0 atom stereocenters. The van der Waals surface area contributed by atoms with E-state index in [0.29, 0.717) is 23.7 Å². The van der Waals surface area contributed by atoms with Crippen LogP contribution in [0.2, 0.25) is 10.0 Å². The van der Waals surface area contributed by atoms with Crippen LogP contribution in [0.1, 0.15) is 12.5 Å². The van der Waals surface area contributed by atoms with Crippen LogP contribution in [0.25, 0.3) is 0 Å². The van der Waals surface area contributed by atoms with Gasteiger partial charge in [0.05, 0.1) is 5.02 Å². The van der Waals surface area contributed by atoms with Crippen molar-refractivity contribution in [2.24, 2.45) is 0 Å². The van der Waals surface area contributed by atoms with Crippen molar-refractivity contribution in [1.82, 2.24) is 9.21 Å².